The van der Waals surface area contributed by atoms with E-state index >= 15 is 0 Å². The number of aryl methyl sites for hydroxylation is 1. The summed E-state index contributed by atoms with van der Waals surface area (Å²) in [6.45, 7) is 0.455. The molecule has 0 unspecified atom stereocenters. The number of hydrogen-bond acceptors (Lipinski definition) is 5. The molecule has 0 atom stereocenters. The Labute approximate surface area is 119 Å². The molecule has 0 radical (unpaired) electrons. The van der Waals surface area contributed by atoms with Gasteiger partial charge in [0.05, 0.1) is 12.8 Å². The maximum Gasteiger partial charge on any atom is 0.303 e. The summed E-state index contributed by atoms with van der Waals surface area (Å²) in [4.78, 5) is 26.0. The standard InChI is InChI=1S/C13H13N3O3S/c17-11(1-2-12(18)19)4-7-16-6-3-10(9-15-16)13-14-5-8-20-13/h3,5-6,8-9H,1-2,4,7H2/p+1. The molecule has 0 aliphatic heterocycles. The molecule has 0 amide bonds. The van der Waals surface area contributed by atoms with Crippen LogP contribution in [0.15, 0.2) is 30.0 Å². The molecule has 2 heterocycles. The van der Waals surface area contributed by atoms with E-state index in [0.29, 0.717) is 13.0 Å². The van der Waals surface area contributed by atoms with Crippen LogP contribution in [0.5, 0.6) is 0 Å². The summed E-state index contributed by atoms with van der Waals surface area (Å²) in [5.41, 5.74) is 0.938. The molecule has 0 saturated heterocycles. The second-order valence-corrected chi connectivity index (χ2v) is 5.09. The van der Waals surface area contributed by atoms with Gasteiger partial charge >= 0.3 is 5.97 Å². The number of carbonyl (C=O) groups is 2. The minimum Gasteiger partial charge on any atom is -0.481 e. The highest BCUT2D eigenvalue weighted by atomic mass is 32.1. The Balaban J connectivity index is 1.85. The Morgan fingerprint density at radius 2 is 2.15 bits per heavy atom. The van der Waals surface area contributed by atoms with Gasteiger partial charge in [-0.15, -0.1) is 11.3 Å². The first kappa shape index (κ1) is 14.3. The van der Waals surface area contributed by atoms with E-state index in [1.807, 2.05) is 11.4 Å². The second kappa shape index (κ2) is 6.85. The molecule has 0 spiro atoms. The van der Waals surface area contributed by atoms with E-state index in [-0.39, 0.29) is 18.6 Å². The Kier molecular flexibility index (Phi) is 4.89. The Morgan fingerprint density at radius 1 is 1.30 bits per heavy atom. The number of carbonyl (C=O) groups excluding carboxylic acids is 1. The van der Waals surface area contributed by atoms with E-state index in [4.69, 9.17) is 5.11 Å². The van der Waals surface area contributed by atoms with Crippen molar-refractivity contribution in [3.05, 3.63) is 30.0 Å². The van der Waals surface area contributed by atoms with Crippen molar-refractivity contribution in [2.24, 2.45) is 0 Å². The first-order chi connectivity index (χ1) is 9.65. The fourth-order valence-corrected chi connectivity index (χ4v) is 2.25. The second-order valence-electron chi connectivity index (χ2n) is 4.20. The molecule has 2 aromatic rings. The minimum absolute atomic E-state index is 0.0642. The van der Waals surface area contributed by atoms with Crippen molar-refractivity contribution in [3.8, 4) is 10.6 Å². The van der Waals surface area contributed by atoms with Crippen LogP contribution in [0.4, 0.5) is 0 Å². The van der Waals surface area contributed by atoms with Gasteiger partial charge in [-0.2, -0.15) is 0 Å². The van der Waals surface area contributed by atoms with Crippen molar-refractivity contribution in [1.29, 1.82) is 0 Å². The first-order valence-corrected chi connectivity index (χ1v) is 7.02. The SMILES string of the molecule is O=C(O)CCC(=O)CC[n+]1ccc(-c2nccs2)cn1. The van der Waals surface area contributed by atoms with Gasteiger partial charge in [0.2, 0.25) is 0 Å². The third-order valence-electron chi connectivity index (χ3n) is 2.69. The van der Waals surface area contributed by atoms with Crippen LogP contribution in [0.25, 0.3) is 10.6 Å². The molecule has 0 aliphatic rings. The smallest absolute Gasteiger partial charge is 0.303 e. The van der Waals surface area contributed by atoms with Crippen LogP contribution in [-0.4, -0.2) is 26.9 Å². The lowest BCUT2D eigenvalue weighted by molar-refractivity contribution is -0.752. The van der Waals surface area contributed by atoms with Crippen LogP contribution >= 0.6 is 11.3 Å². The molecular formula is C13H14N3O3S+. The predicted molar refractivity (Wildman–Crippen MR) is 72.0 cm³/mol. The first-order valence-electron chi connectivity index (χ1n) is 6.14. The number of rotatable bonds is 7. The molecular weight excluding hydrogens is 278 g/mol. The van der Waals surface area contributed by atoms with E-state index in [1.165, 1.54) is 11.3 Å². The van der Waals surface area contributed by atoms with Crippen molar-refractivity contribution in [2.75, 3.05) is 0 Å². The lowest BCUT2D eigenvalue weighted by Crippen LogP contribution is -2.38. The molecule has 0 fully saturated rings. The number of aliphatic carboxylic acids is 1. The lowest BCUT2D eigenvalue weighted by atomic mass is 10.2. The van der Waals surface area contributed by atoms with Gasteiger partial charge in [0, 0.05) is 29.6 Å². The average molecular weight is 292 g/mol. The summed E-state index contributed by atoms with van der Waals surface area (Å²) < 4.78 is 1.66. The third kappa shape index (κ3) is 4.20. The zero-order valence-electron chi connectivity index (χ0n) is 10.7. The Hall–Kier alpha value is -2.15. The monoisotopic (exact) mass is 292 g/mol. The normalized spacial score (nSPS) is 10.4. The van der Waals surface area contributed by atoms with Crippen LogP contribution < -0.4 is 4.68 Å². The summed E-state index contributed by atoms with van der Waals surface area (Å²) >= 11 is 1.54. The van der Waals surface area contributed by atoms with E-state index in [2.05, 4.69) is 10.1 Å². The highest BCUT2D eigenvalue weighted by Crippen LogP contribution is 2.18. The van der Waals surface area contributed by atoms with E-state index < -0.39 is 5.97 Å². The number of aromatic nitrogens is 3. The maximum atomic E-state index is 11.5. The molecule has 104 valence electrons. The highest BCUT2D eigenvalue weighted by Gasteiger charge is 2.11. The zero-order chi connectivity index (χ0) is 14.4. The number of nitrogens with zero attached hydrogens (tertiary/aromatic N) is 3. The largest absolute Gasteiger partial charge is 0.481 e. The number of hydrogen-bond donors (Lipinski definition) is 1. The van der Waals surface area contributed by atoms with E-state index in [9.17, 15) is 9.59 Å². The van der Waals surface area contributed by atoms with Crippen molar-refractivity contribution in [2.45, 2.75) is 25.8 Å². The number of carboxylic acids is 1. The molecule has 2 rings (SSSR count). The molecule has 1 N–H and O–H groups in total. The molecule has 0 aliphatic carbocycles. The van der Waals surface area contributed by atoms with Gasteiger partial charge in [0.1, 0.15) is 17.0 Å². The van der Waals surface area contributed by atoms with Crippen LogP contribution in [0.1, 0.15) is 19.3 Å². The zero-order valence-corrected chi connectivity index (χ0v) is 11.5. The van der Waals surface area contributed by atoms with Gasteiger partial charge < -0.3 is 5.11 Å². The molecule has 20 heavy (non-hydrogen) atoms. The molecule has 0 saturated carbocycles. The lowest BCUT2D eigenvalue weighted by Gasteiger charge is -1.97. The fourth-order valence-electron chi connectivity index (χ4n) is 1.62. The topological polar surface area (TPSA) is 84.0 Å². The quantitative estimate of drug-likeness (QED) is 0.778. The molecule has 0 bridgehead atoms. The molecule has 6 nitrogen and oxygen atoms in total. The van der Waals surface area contributed by atoms with Crippen LogP contribution in [0, 0.1) is 0 Å². The van der Waals surface area contributed by atoms with Gasteiger partial charge in [-0.3, -0.25) is 9.59 Å². The van der Waals surface area contributed by atoms with Crippen LogP contribution in [0.2, 0.25) is 0 Å². The third-order valence-corrected chi connectivity index (χ3v) is 3.51. The van der Waals surface area contributed by atoms with Crippen LogP contribution in [0.3, 0.4) is 0 Å². The average Bonchev–Trinajstić information content (AvgIpc) is 2.97. The maximum absolute atomic E-state index is 11.5. The van der Waals surface area contributed by atoms with Gasteiger partial charge in [0.25, 0.3) is 0 Å². The Bertz CT molecular complexity index is 581. The fraction of sp³-hybridized carbons (Fsp3) is 0.308. The van der Waals surface area contributed by atoms with Crippen molar-refractivity contribution in [1.82, 2.24) is 10.1 Å². The number of ketones is 1. The number of thiazole rings is 1. The number of Topliss-reactive ketones (excluding diaryl/α,β-unsaturated/α-hetero) is 1. The minimum atomic E-state index is -0.947. The van der Waals surface area contributed by atoms with E-state index in [0.717, 1.165) is 10.6 Å². The summed E-state index contributed by atoms with van der Waals surface area (Å²) in [6, 6.07) is 1.90. The van der Waals surface area contributed by atoms with Crippen molar-refractivity contribution in [3.63, 3.8) is 0 Å². The van der Waals surface area contributed by atoms with E-state index in [1.54, 1.807) is 23.3 Å². The summed E-state index contributed by atoms with van der Waals surface area (Å²) in [5.74, 6) is -1.01. The highest BCUT2D eigenvalue weighted by molar-refractivity contribution is 7.13. The van der Waals surface area contributed by atoms with Crippen LogP contribution in [-0.2, 0) is 16.1 Å². The molecule has 2 aromatic heterocycles. The van der Waals surface area contributed by atoms with Crippen molar-refractivity contribution >= 4 is 23.1 Å². The molecule has 0 aromatic carbocycles. The summed E-state index contributed by atoms with van der Waals surface area (Å²) in [6.07, 6.45) is 5.50. The number of carboxylic acid groups (broad SMARTS) is 1. The van der Waals surface area contributed by atoms with Gasteiger partial charge in [0.15, 0.2) is 12.7 Å². The van der Waals surface area contributed by atoms with Gasteiger partial charge in [-0.1, -0.05) is 4.68 Å². The molecule has 7 heteroatoms. The predicted octanol–water partition coefficient (Wildman–Crippen LogP) is 1.32. The van der Waals surface area contributed by atoms with Gasteiger partial charge in [-0.25, -0.2) is 4.98 Å². The van der Waals surface area contributed by atoms with Gasteiger partial charge in [-0.05, 0) is 5.10 Å². The summed E-state index contributed by atoms with van der Waals surface area (Å²) in [5, 5.41) is 15.5. The Morgan fingerprint density at radius 3 is 2.75 bits per heavy atom. The van der Waals surface area contributed by atoms with Crippen molar-refractivity contribution < 1.29 is 19.4 Å². The summed E-state index contributed by atoms with van der Waals surface area (Å²) in [7, 11) is 0.